The van der Waals surface area contributed by atoms with Gasteiger partial charge in [0.25, 0.3) is 0 Å². The van der Waals surface area contributed by atoms with Crippen LogP contribution in [0, 0.1) is 0 Å². The number of aliphatic hydroxyl groups is 2. The van der Waals surface area contributed by atoms with Gasteiger partial charge in [-0.2, -0.15) is 0 Å². The molecule has 2 rings (SSSR count). The molecule has 19 heavy (non-hydrogen) atoms. The van der Waals surface area contributed by atoms with Gasteiger partial charge in [0.05, 0.1) is 13.2 Å². The monoisotopic (exact) mass is 262 g/mol. The second kappa shape index (κ2) is 6.36. The van der Waals surface area contributed by atoms with E-state index in [1.54, 1.807) is 0 Å². The minimum Gasteiger partial charge on any atom is -0.395 e. The third-order valence-electron chi connectivity index (χ3n) is 3.08. The van der Waals surface area contributed by atoms with Gasteiger partial charge in [0.15, 0.2) is 0 Å². The number of aromatic nitrogens is 1. The molecule has 5 nitrogen and oxygen atoms in total. The number of nitrogens with zero attached hydrogens (tertiary/aromatic N) is 2. The summed E-state index contributed by atoms with van der Waals surface area (Å²) in [6, 6.07) is 9.81. The molecule has 0 radical (unpaired) electrons. The minimum absolute atomic E-state index is 0.0990. The van der Waals surface area contributed by atoms with Crippen molar-refractivity contribution in [3.8, 4) is 0 Å². The number of hydrogen-bond acceptors (Lipinski definition) is 3. The summed E-state index contributed by atoms with van der Waals surface area (Å²) in [6.07, 6.45) is 1.87. The van der Waals surface area contributed by atoms with Gasteiger partial charge < -0.3 is 19.7 Å². The summed E-state index contributed by atoms with van der Waals surface area (Å²) < 4.78 is 1.87. The number of para-hydroxylation sites is 1. The SMILES string of the molecule is O=C(Cn1ccc2ccccc21)N(CCO)CCO. The van der Waals surface area contributed by atoms with Crippen molar-refractivity contribution in [2.75, 3.05) is 26.3 Å². The lowest BCUT2D eigenvalue weighted by Gasteiger charge is -2.21. The molecule has 1 heterocycles. The molecule has 1 aromatic heterocycles. The maximum Gasteiger partial charge on any atom is 0.242 e. The molecule has 0 bridgehead atoms. The molecular formula is C14H18N2O3. The summed E-state index contributed by atoms with van der Waals surface area (Å²) >= 11 is 0. The Kier molecular flexibility index (Phi) is 4.54. The third-order valence-corrected chi connectivity index (χ3v) is 3.08. The van der Waals surface area contributed by atoms with Crippen molar-refractivity contribution >= 4 is 16.8 Å². The van der Waals surface area contributed by atoms with Gasteiger partial charge in [0.1, 0.15) is 6.54 Å². The van der Waals surface area contributed by atoms with Gasteiger partial charge in [-0.25, -0.2) is 0 Å². The molecule has 102 valence electrons. The van der Waals surface area contributed by atoms with Gasteiger partial charge in [-0.15, -0.1) is 0 Å². The minimum atomic E-state index is -0.107. The third kappa shape index (κ3) is 3.13. The van der Waals surface area contributed by atoms with Gasteiger partial charge in [-0.3, -0.25) is 4.79 Å². The Labute approximate surface area is 111 Å². The second-order valence-corrected chi connectivity index (χ2v) is 4.33. The first-order valence-corrected chi connectivity index (χ1v) is 6.29. The van der Waals surface area contributed by atoms with Gasteiger partial charge in [0, 0.05) is 24.8 Å². The lowest BCUT2D eigenvalue weighted by atomic mass is 10.2. The Morgan fingerprint density at radius 1 is 1.11 bits per heavy atom. The van der Waals surface area contributed by atoms with Crippen LogP contribution in [0.4, 0.5) is 0 Å². The van der Waals surface area contributed by atoms with E-state index in [4.69, 9.17) is 10.2 Å². The van der Waals surface area contributed by atoms with Crippen LogP contribution in [-0.2, 0) is 11.3 Å². The normalized spacial score (nSPS) is 10.8. The van der Waals surface area contributed by atoms with E-state index >= 15 is 0 Å². The van der Waals surface area contributed by atoms with Crippen molar-refractivity contribution in [2.45, 2.75) is 6.54 Å². The average Bonchev–Trinajstić information content (AvgIpc) is 2.82. The Morgan fingerprint density at radius 3 is 2.47 bits per heavy atom. The van der Waals surface area contributed by atoms with Crippen LogP contribution in [0.3, 0.4) is 0 Å². The molecular weight excluding hydrogens is 244 g/mol. The molecule has 0 unspecified atom stereocenters. The van der Waals surface area contributed by atoms with Crippen LogP contribution < -0.4 is 0 Å². The summed E-state index contributed by atoms with van der Waals surface area (Å²) in [5.41, 5.74) is 1.00. The standard InChI is InChI=1S/C14H18N2O3/c17-9-7-15(8-10-18)14(19)11-16-6-5-12-3-1-2-4-13(12)16/h1-6,17-18H,7-11H2. The number of carbonyl (C=O) groups is 1. The van der Waals surface area contributed by atoms with Gasteiger partial charge in [-0.05, 0) is 17.5 Å². The molecule has 0 aliphatic carbocycles. The second-order valence-electron chi connectivity index (χ2n) is 4.33. The van der Waals surface area contributed by atoms with E-state index in [0.29, 0.717) is 0 Å². The first-order chi connectivity index (χ1) is 9.26. The van der Waals surface area contributed by atoms with Gasteiger partial charge in [-0.1, -0.05) is 18.2 Å². The van der Waals surface area contributed by atoms with E-state index < -0.39 is 0 Å². The zero-order valence-corrected chi connectivity index (χ0v) is 10.7. The topological polar surface area (TPSA) is 65.7 Å². The Bertz CT molecular complexity index is 544. The molecule has 0 fully saturated rings. The number of aliphatic hydroxyl groups excluding tert-OH is 2. The summed E-state index contributed by atoms with van der Waals surface area (Å²) in [7, 11) is 0. The van der Waals surface area contributed by atoms with Crippen LogP contribution in [0.25, 0.3) is 10.9 Å². The molecule has 1 aromatic carbocycles. The average molecular weight is 262 g/mol. The molecule has 2 aromatic rings. The molecule has 1 amide bonds. The van der Waals surface area contributed by atoms with E-state index in [0.717, 1.165) is 10.9 Å². The summed E-state index contributed by atoms with van der Waals surface area (Å²) in [5.74, 6) is -0.107. The van der Waals surface area contributed by atoms with Crippen molar-refractivity contribution in [1.82, 2.24) is 9.47 Å². The number of carbonyl (C=O) groups excluding carboxylic acids is 1. The Balaban J connectivity index is 2.13. The first kappa shape index (κ1) is 13.6. The highest BCUT2D eigenvalue weighted by Crippen LogP contribution is 2.15. The van der Waals surface area contributed by atoms with Crippen molar-refractivity contribution in [3.05, 3.63) is 36.5 Å². The van der Waals surface area contributed by atoms with Crippen LogP contribution in [-0.4, -0.2) is 51.9 Å². The van der Waals surface area contributed by atoms with Crippen LogP contribution >= 0.6 is 0 Å². The summed E-state index contributed by atoms with van der Waals surface area (Å²) in [6.45, 7) is 0.515. The summed E-state index contributed by atoms with van der Waals surface area (Å²) in [4.78, 5) is 13.6. The molecule has 0 aliphatic rings. The van der Waals surface area contributed by atoms with Crippen molar-refractivity contribution in [2.24, 2.45) is 0 Å². The van der Waals surface area contributed by atoms with Crippen molar-refractivity contribution in [1.29, 1.82) is 0 Å². The van der Waals surface area contributed by atoms with Crippen LogP contribution in [0.2, 0.25) is 0 Å². The maximum absolute atomic E-state index is 12.1. The predicted molar refractivity (Wildman–Crippen MR) is 72.7 cm³/mol. The predicted octanol–water partition coefficient (Wildman–Crippen LogP) is 0.454. The molecule has 0 spiro atoms. The fraction of sp³-hybridized carbons (Fsp3) is 0.357. The van der Waals surface area contributed by atoms with Crippen molar-refractivity contribution < 1.29 is 15.0 Å². The maximum atomic E-state index is 12.1. The fourth-order valence-corrected chi connectivity index (χ4v) is 2.13. The zero-order valence-electron chi connectivity index (χ0n) is 10.7. The fourth-order valence-electron chi connectivity index (χ4n) is 2.13. The number of fused-ring (bicyclic) bond motifs is 1. The van der Waals surface area contributed by atoms with Crippen LogP contribution in [0.5, 0.6) is 0 Å². The van der Waals surface area contributed by atoms with Crippen molar-refractivity contribution in [3.63, 3.8) is 0 Å². The highest BCUT2D eigenvalue weighted by molar-refractivity contribution is 5.83. The van der Waals surface area contributed by atoms with Crippen LogP contribution in [0.15, 0.2) is 36.5 Å². The number of rotatable bonds is 6. The van der Waals surface area contributed by atoms with Crippen LogP contribution in [0.1, 0.15) is 0 Å². The first-order valence-electron chi connectivity index (χ1n) is 6.29. The highest BCUT2D eigenvalue weighted by atomic mass is 16.3. The van der Waals surface area contributed by atoms with Gasteiger partial charge in [0.2, 0.25) is 5.91 Å². The quantitative estimate of drug-likeness (QED) is 0.794. The number of hydrogen-bond donors (Lipinski definition) is 2. The largest absolute Gasteiger partial charge is 0.395 e. The highest BCUT2D eigenvalue weighted by Gasteiger charge is 2.13. The molecule has 0 atom stereocenters. The smallest absolute Gasteiger partial charge is 0.242 e. The lowest BCUT2D eigenvalue weighted by Crippen LogP contribution is -2.37. The van der Waals surface area contributed by atoms with Gasteiger partial charge >= 0.3 is 0 Å². The molecule has 0 saturated carbocycles. The van der Waals surface area contributed by atoms with E-state index in [9.17, 15) is 4.79 Å². The molecule has 0 aliphatic heterocycles. The lowest BCUT2D eigenvalue weighted by molar-refractivity contribution is -0.132. The Hall–Kier alpha value is -1.85. The zero-order chi connectivity index (χ0) is 13.7. The molecule has 5 heteroatoms. The molecule has 0 saturated heterocycles. The number of amides is 1. The van der Waals surface area contributed by atoms with E-state index in [1.807, 2.05) is 41.1 Å². The number of benzene rings is 1. The Morgan fingerprint density at radius 2 is 1.79 bits per heavy atom. The summed E-state index contributed by atoms with van der Waals surface area (Å²) in [5, 5.41) is 18.9. The van der Waals surface area contributed by atoms with E-state index in [1.165, 1.54) is 4.90 Å². The molecule has 2 N–H and O–H groups in total. The van der Waals surface area contributed by atoms with E-state index in [2.05, 4.69) is 0 Å². The van der Waals surface area contributed by atoms with E-state index in [-0.39, 0.29) is 38.8 Å².